The van der Waals surface area contributed by atoms with Gasteiger partial charge in [-0.2, -0.15) is 4.37 Å². The molecule has 8 nitrogen and oxygen atoms in total. The predicted octanol–water partition coefficient (Wildman–Crippen LogP) is 1.42. The van der Waals surface area contributed by atoms with E-state index in [2.05, 4.69) is 24.9 Å². The highest BCUT2D eigenvalue weighted by molar-refractivity contribution is 8.02. The normalized spacial score (nSPS) is 10.6. The molecule has 13 heteroatoms. The SMILES string of the molecule is CSc1nsc(SCC(=O)Nc2nnc(SCC(N)=O)s2)n1. The molecule has 0 atom stereocenters. The van der Waals surface area contributed by atoms with Crippen LogP contribution < -0.4 is 11.1 Å². The molecule has 2 aromatic heterocycles. The molecule has 0 radical (unpaired) electrons. The van der Waals surface area contributed by atoms with Crippen molar-refractivity contribution in [2.75, 3.05) is 23.1 Å². The monoisotopic (exact) mass is 394 g/mol. The van der Waals surface area contributed by atoms with Crippen LogP contribution in [0, 0.1) is 0 Å². The molecule has 0 saturated heterocycles. The van der Waals surface area contributed by atoms with Crippen LogP contribution in [0.1, 0.15) is 0 Å². The van der Waals surface area contributed by atoms with Crippen LogP contribution in [0.4, 0.5) is 5.13 Å². The van der Waals surface area contributed by atoms with Gasteiger partial charge in [-0.1, -0.05) is 46.6 Å². The van der Waals surface area contributed by atoms with Gasteiger partial charge in [0.1, 0.15) is 0 Å². The maximum absolute atomic E-state index is 11.8. The fraction of sp³-hybridized carbons (Fsp3) is 0.333. The Balaban J connectivity index is 1.78. The molecule has 22 heavy (non-hydrogen) atoms. The molecule has 2 amide bonds. The fourth-order valence-electron chi connectivity index (χ4n) is 1.07. The van der Waals surface area contributed by atoms with Crippen molar-refractivity contribution in [3.63, 3.8) is 0 Å². The van der Waals surface area contributed by atoms with Gasteiger partial charge >= 0.3 is 0 Å². The van der Waals surface area contributed by atoms with Gasteiger partial charge in [0.05, 0.1) is 11.5 Å². The van der Waals surface area contributed by atoms with Gasteiger partial charge in [-0.05, 0) is 17.8 Å². The minimum Gasteiger partial charge on any atom is -0.369 e. The number of nitrogens with zero attached hydrogens (tertiary/aromatic N) is 4. The van der Waals surface area contributed by atoms with Crippen LogP contribution in [0.3, 0.4) is 0 Å². The maximum Gasteiger partial charge on any atom is 0.236 e. The van der Waals surface area contributed by atoms with Gasteiger partial charge in [-0.3, -0.25) is 14.9 Å². The van der Waals surface area contributed by atoms with Crippen LogP contribution in [-0.2, 0) is 9.59 Å². The topological polar surface area (TPSA) is 124 Å². The van der Waals surface area contributed by atoms with Gasteiger partial charge in [0.2, 0.25) is 22.1 Å². The van der Waals surface area contributed by atoms with Crippen molar-refractivity contribution >= 4 is 75.1 Å². The summed E-state index contributed by atoms with van der Waals surface area (Å²) < 4.78 is 5.44. The van der Waals surface area contributed by atoms with Crippen molar-refractivity contribution in [2.24, 2.45) is 5.73 Å². The Morgan fingerprint density at radius 1 is 1.23 bits per heavy atom. The number of thioether (sulfide) groups is 3. The van der Waals surface area contributed by atoms with Crippen LogP contribution in [0.25, 0.3) is 0 Å². The highest BCUT2D eigenvalue weighted by atomic mass is 32.2. The lowest BCUT2D eigenvalue weighted by Crippen LogP contribution is -2.13. The molecule has 0 aliphatic heterocycles. The van der Waals surface area contributed by atoms with Crippen LogP contribution in [-0.4, -0.2) is 49.1 Å². The van der Waals surface area contributed by atoms with E-state index >= 15 is 0 Å². The molecule has 0 aliphatic rings. The number of hydrogen-bond donors (Lipinski definition) is 2. The van der Waals surface area contributed by atoms with E-state index in [9.17, 15) is 9.59 Å². The lowest BCUT2D eigenvalue weighted by molar-refractivity contribution is -0.115. The summed E-state index contributed by atoms with van der Waals surface area (Å²) in [6.07, 6.45) is 1.90. The molecule has 2 rings (SSSR count). The fourth-order valence-corrected chi connectivity index (χ4v) is 4.59. The second-order valence-corrected chi connectivity index (χ2v) is 8.46. The van der Waals surface area contributed by atoms with E-state index in [0.29, 0.717) is 14.6 Å². The molecule has 2 heterocycles. The Bertz CT molecular complexity index is 658. The number of hydrogen-bond acceptors (Lipinski definition) is 11. The van der Waals surface area contributed by atoms with E-state index < -0.39 is 5.91 Å². The van der Waals surface area contributed by atoms with Crippen LogP contribution >= 0.6 is 58.2 Å². The molecule has 0 unspecified atom stereocenters. The average Bonchev–Trinajstić information content (AvgIpc) is 3.11. The predicted molar refractivity (Wildman–Crippen MR) is 90.9 cm³/mol. The molecular formula is C9H10N6O2S5. The largest absolute Gasteiger partial charge is 0.369 e. The number of primary amides is 1. The number of carbonyl (C=O) groups is 2. The van der Waals surface area contributed by atoms with Gasteiger partial charge in [-0.15, -0.1) is 10.2 Å². The molecule has 0 spiro atoms. The van der Waals surface area contributed by atoms with E-state index in [1.807, 2.05) is 6.26 Å². The third kappa shape index (κ3) is 5.72. The van der Waals surface area contributed by atoms with Crippen molar-refractivity contribution in [3.8, 4) is 0 Å². The Hall–Kier alpha value is -0.890. The lowest BCUT2D eigenvalue weighted by Gasteiger charge is -1.98. The highest BCUT2D eigenvalue weighted by Crippen LogP contribution is 2.26. The van der Waals surface area contributed by atoms with Gasteiger partial charge in [-0.25, -0.2) is 4.98 Å². The number of amides is 2. The summed E-state index contributed by atoms with van der Waals surface area (Å²) in [5.41, 5.74) is 5.05. The van der Waals surface area contributed by atoms with Gasteiger partial charge < -0.3 is 5.73 Å². The lowest BCUT2D eigenvalue weighted by atomic mass is 10.7. The first-order valence-corrected chi connectivity index (χ1v) is 10.4. The van der Waals surface area contributed by atoms with Crippen molar-refractivity contribution < 1.29 is 9.59 Å². The van der Waals surface area contributed by atoms with Crippen molar-refractivity contribution in [2.45, 2.75) is 13.8 Å². The number of rotatable bonds is 8. The third-order valence-corrected chi connectivity index (χ3v) is 6.38. The first-order valence-electron chi connectivity index (χ1n) is 5.61. The highest BCUT2D eigenvalue weighted by Gasteiger charge is 2.11. The summed E-state index contributed by atoms with van der Waals surface area (Å²) in [5.74, 6) is -0.281. The number of anilines is 1. The van der Waals surface area contributed by atoms with Crippen LogP contribution in [0.2, 0.25) is 0 Å². The second kappa shape index (κ2) is 8.67. The first kappa shape index (κ1) is 17.5. The van der Waals surface area contributed by atoms with Crippen molar-refractivity contribution in [1.82, 2.24) is 19.6 Å². The standard InChI is InChI=1S/C9H10N6O2S5/c1-18-7-12-8(22-15-7)20-3-5(17)11-6-13-14-9(21-6)19-2-4(10)16/h2-3H2,1H3,(H2,10,16)(H,11,13,17). The summed E-state index contributed by atoms with van der Waals surface area (Å²) >= 11 is 6.42. The molecule has 0 aliphatic carbocycles. The van der Waals surface area contributed by atoms with E-state index in [0.717, 1.165) is 4.34 Å². The molecule has 3 N–H and O–H groups in total. The zero-order valence-electron chi connectivity index (χ0n) is 11.1. The van der Waals surface area contributed by atoms with Gasteiger partial charge in [0, 0.05) is 0 Å². The summed E-state index contributed by atoms with van der Waals surface area (Å²) in [6.45, 7) is 0. The third-order valence-electron chi connectivity index (χ3n) is 1.89. The smallest absolute Gasteiger partial charge is 0.236 e. The zero-order valence-corrected chi connectivity index (χ0v) is 15.2. The average molecular weight is 395 g/mol. The second-order valence-electron chi connectivity index (χ2n) is 3.51. The molecule has 0 aromatic carbocycles. The number of aromatic nitrogens is 4. The van der Waals surface area contributed by atoms with E-state index in [1.165, 1.54) is 58.2 Å². The first-order chi connectivity index (χ1) is 10.6. The number of nitrogens with two attached hydrogens (primary N) is 1. The van der Waals surface area contributed by atoms with Crippen molar-refractivity contribution in [1.29, 1.82) is 0 Å². The summed E-state index contributed by atoms with van der Waals surface area (Å²) in [4.78, 5) is 26.7. The van der Waals surface area contributed by atoms with E-state index in [-0.39, 0.29) is 17.4 Å². The molecule has 118 valence electrons. The summed E-state index contributed by atoms with van der Waals surface area (Å²) in [7, 11) is 0. The molecule has 0 fully saturated rings. The van der Waals surface area contributed by atoms with E-state index in [4.69, 9.17) is 5.73 Å². The Morgan fingerprint density at radius 2 is 2.00 bits per heavy atom. The van der Waals surface area contributed by atoms with Crippen molar-refractivity contribution in [3.05, 3.63) is 0 Å². The minimum absolute atomic E-state index is 0.132. The Labute approximate surface area is 146 Å². The van der Waals surface area contributed by atoms with Gasteiger partial charge in [0.15, 0.2) is 8.68 Å². The number of carbonyl (C=O) groups excluding carboxylic acids is 2. The zero-order chi connectivity index (χ0) is 15.9. The molecular weight excluding hydrogens is 384 g/mol. The van der Waals surface area contributed by atoms with Crippen LogP contribution in [0.5, 0.6) is 0 Å². The maximum atomic E-state index is 11.8. The minimum atomic E-state index is -0.427. The van der Waals surface area contributed by atoms with Gasteiger partial charge in [0.25, 0.3) is 0 Å². The molecule has 2 aromatic rings. The Kier molecular flexibility index (Phi) is 6.88. The summed E-state index contributed by atoms with van der Waals surface area (Å²) in [6, 6.07) is 0. The quantitative estimate of drug-likeness (QED) is 0.505. The molecule has 0 bridgehead atoms. The van der Waals surface area contributed by atoms with Crippen LogP contribution in [0.15, 0.2) is 13.8 Å². The Morgan fingerprint density at radius 3 is 2.68 bits per heavy atom. The van der Waals surface area contributed by atoms with E-state index in [1.54, 1.807) is 0 Å². The number of nitrogens with one attached hydrogen (secondary N) is 1. The summed E-state index contributed by atoms with van der Waals surface area (Å²) in [5, 5.41) is 11.4. The molecule has 0 saturated carbocycles.